The Morgan fingerprint density at radius 1 is 1.29 bits per heavy atom. The lowest BCUT2D eigenvalue weighted by molar-refractivity contribution is -0.895. The van der Waals surface area contributed by atoms with Crippen LogP contribution in [0.2, 0.25) is 0 Å². The average Bonchev–Trinajstić information content (AvgIpc) is 3.01. The topological polar surface area (TPSA) is 45.6 Å². The highest BCUT2D eigenvalue weighted by atomic mass is 32.1. The van der Waals surface area contributed by atoms with Gasteiger partial charge in [0.05, 0.1) is 24.0 Å². The third-order valence-corrected chi connectivity index (χ3v) is 6.41. The first kappa shape index (κ1) is 13.3. The molecule has 0 saturated heterocycles. The van der Waals surface area contributed by atoms with Gasteiger partial charge < -0.3 is 15.5 Å². The molecule has 1 amide bonds. The molecule has 0 bridgehead atoms. The van der Waals surface area contributed by atoms with Gasteiger partial charge >= 0.3 is 0 Å². The fourth-order valence-electron chi connectivity index (χ4n) is 3.08. The molecule has 4 heterocycles. The zero-order valence-electron chi connectivity index (χ0n) is 12.1. The monoisotopic (exact) mass is 320 g/mol. The first-order valence-electron chi connectivity index (χ1n) is 7.21. The molecule has 4 nitrogen and oxygen atoms in total. The lowest BCUT2D eigenvalue weighted by Crippen LogP contribution is -3.08. The van der Waals surface area contributed by atoms with Crippen LogP contribution in [-0.4, -0.2) is 19.5 Å². The van der Waals surface area contributed by atoms with Gasteiger partial charge in [-0.05, 0) is 24.6 Å². The molecular weight excluding hydrogens is 302 g/mol. The number of aryl methyl sites for hydroxylation is 1. The third kappa shape index (κ3) is 2.18. The molecule has 2 aromatic rings. The normalized spacial score (nSPS) is 24.0. The summed E-state index contributed by atoms with van der Waals surface area (Å²) in [4.78, 5) is 17.9. The standard InChI is InChI=1S/C15H17N3OS2/c1-8-3-4-10(20-8)13-16-14(19)12-9-5-6-18(2)7-11(9)21-15(12)17-13/h3-4,13,17H,5-7H2,1-2H3,(H,16,19)/p+1/t13-/m1/s1. The van der Waals surface area contributed by atoms with E-state index in [-0.39, 0.29) is 12.1 Å². The first-order chi connectivity index (χ1) is 10.1. The van der Waals surface area contributed by atoms with Crippen LogP contribution in [0.1, 0.15) is 36.7 Å². The molecule has 0 aliphatic carbocycles. The Morgan fingerprint density at radius 3 is 2.90 bits per heavy atom. The van der Waals surface area contributed by atoms with E-state index in [1.54, 1.807) is 22.7 Å². The van der Waals surface area contributed by atoms with Crippen LogP contribution in [0.4, 0.5) is 5.00 Å². The number of likely N-dealkylation sites (N-methyl/N-ethyl adjacent to an activating group) is 1. The van der Waals surface area contributed by atoms with Gasteiger partial charge in [0.15, 0.2) is 0 Å². The number of amides is 1. The van der Waals surface area contributed by atoms with E-state index < -0.39 is 0 Å². The van der Waals surface area contributed by atoms with Crippen molar-refractivity contribution >= 4 is 33.6 Å². The van der Waals surface area contributed by atoms with Crippen LogP contribution >= 0.6 is 22.7 Å². The molecule has 21 heavy (non-hydrogen) atoms. The summed E-state index contributed by atoms with van der Waals surface area (Å²) in [5.74, 6) is 0.0804. The molecule has 1 unspecified atom stereocenters. The van der Waals surface area contributed by atoms with Crippen molar-refractivity contribution in [1.29, 1.82) is 0 Å². The average molecular weight is 320 g/mol. The van der Waals surface area contributed by atoms with Gasteiger partial charge in [-0.15, -0.1) is 22.7 Å². The number of anilines is 1. The summed E-state index contributed by atoms with van der Waals surface area (Å²) in [6.45, 7) is 4.23. The highest BCUT2D eigenvalue weighted by Gasteiger charge is 2.34. The molecule has 2 aliphatic heterocycles. The predicted molar refractivity (Wildman–Crippen MR) is 86.4 cm³/mol. The van der Waals surface area contributed by atoms with Crippen molar-refractivity contribution in [2.24, 2.45) is 0 Å². The van der Waals surface area contributed by atoms with Crippen molar-refractivity contribution < 1.29 is 9.69 Å². The number of rotatable bonds is 1. The third-order valence-electron chi connectivity index (χ3n) is 4.18. The smallest absolute Gasteiger partial charge is 0.256 e. The van der Waals surface area contributed by atoms with Crippen molar-refractivity contribution in [3.05, 3.63) is 37.9 Å². The molecule has 6 heteroatoms. The van der Waals surface area contributed by atoms with Crippen molar-refractivity contribution in [3.8, 4) is 0 Å². The minimum atomic E-state index is -0.0890. The van der Waals surface area contributed by atoms with E-state index in [0.29, 0.717) is 0 Å². The van der Waals surface area contributed by atoms with Gasteiger partial charge in [0.1, 0.15) is 17.7 Å². The van der Waals surface area contributed by atoms with Crippen LogP contribution in [0.3, 0.4) is 0 Å². The minimum Gasteiger partial charge on any atom is -0.352 e. The predicted octanol–water partition coefficient (Wildman–Crippen LogP) is 1.54. The summed E-state index contributed by atoms with van der Waals surface area (Å²) in [6.07, 6.45) is 0.916. The first-order valence-corrected chi connectivity index (χ1v) is 8.84. The van der Waals surface area contributed by atoms with Crippen LogP contribution in [0.5, 0.6) is 0 Å². The van der Waals surface area contributed by atoms with Crippen LogP contribution < -0.4 is 15.5 Å². The molecule has 2 aromatic heterocycles. The van der Waals surface area contributed by atoms with Gasteiger partial charge in [-0.25, -0.2) is 0 Å². The summed E-state index contributed by atoms with van der Waals surface area (Å²) in [7, 11) is 2.21. The maximum absolute atomic E-state index is 12.5. The summed E-state index contributed by atoms with van der Waals surface area (Å²) in [5.41, 5.74) is 2.17. The number of carbonyl (C=O) groups is 1. The zero-order valence-corrected chi connectivity index (χ0v) is 13.7. The number of nitrogens with one attached hydrogen (secondary N) is 3. The lowest BCUT2D eigenvalue weighted by Gasteiger charge is -2.26. The Kier molecular flexibility index (Phi) is 3.06. The van der Waals surface area contributed by atoms with Gasteiger partial charge in [0.25, 0.3) is 5.91 Å². The molecule has 3 N–H and O–H groups in total. The van der Waals surface area contributed by atoms with Gasteiger partial charge in [-0.3, -0.25) is 4.79 Å². The van der Waals surface area contributed by atoms with Crippen LogP contribution in [0.25, 0.3) is 0 Å². The van der Waals surface area contributed by atoms with Crippen molar-refractivity contribution in [2.75, 3.05) is 18.9 Å². The Balaban J connectivity index is 1.71. The molecule has 0 saturated carbocycles. The number of thiophene rings is 2. The Morgan fingerprint density at radius 2 is 2.14 bits per heavy atom. The minimum absolute atomic E-state index is 0.0804. The lowest BCUT2D eigenvalue weighted by atomic mass is 10.0. The second-order valence-corrected chi connectivity index (χ2v) is 8.27. The molecule has 110 valence electrons. The number of hydrogen-bond acceptors (Lipinski definition) is 4. The van der Waals surface area contributed by atoms with E-state index >= 15 is 0 Å². The summed E-state index contributed by atoms with van der Waals surface area (Å²) in [6, 6.07) is 4.19. The van der Waals surface area contributed by atoms with Crippen molar-refractivity contribution in [2.45, 2.75) is 26.1 Å². The van der Waals surface area contributed by atoms with Crippen molar-refractivity contribution in [1.82, 2.24) is 5.32 Å². The number of hydrogen-bond donors (Lipinski definition) is 3. The fourth-order valence-corrected chi connectivity index (χ4v) is 5.35. The van der Waals surface area contributed by atoms with Crippen molar-refractivity contribution in [3.63, 3.8) is 0 Å². The van der Waals surface area contributed by atoms with E-state index in [9.17, 15) is 4.79 Å². The Bertz CT molecular complexity index is 719. The largest absolute Gasteiger partial charge is 0.352 e. The molecule has 0 fully saturated rings. The second kappa shape index (κ2) is 4.83. The van der Waals surface area contributed by atoms with Crippen LogP contribution in [0.15, 0.2) is 12.1 Å². The highest BCUT2D eigenvalue weighted by Crippen LogP contribution is 2.39. The molecule has 0 aromatic carbocycles. The van der Waals surface area contributed by atoms with Gasteiger partial charge in [0.2, 0.25) is 0 Å². The van der Waals surface area contributed by atoms with E-state index in [2.05, 4.69) is 36.7 Å². The fraction of sp³-hybridized carbons (Fsp3) is 0.400. The maximum atomic E-state index is 12.5. The van der Waals surface area contributed by atoms with E-state index in [1.807, 2.05) is 0 Å². The SMILES string of the molecule is Cc1ccc([C@@H]2NC(=O)c3c(sc4c3CC[NH+](C)C4)N2)s1. The molecule has 0 spiro atoms. The van der Waals surface area contributed by atoms with Gasteiger partial charge in [0, 0.05) is 16.2 Å². The Hall–Kier alpha value is -1.37. The number of carbonyl (C=O) groups excluding carboxylic acids is 1. The number of fused-ring (bicyclic) bond motifs is 3. The van der Waals surface area contributed by atoms with E-state index in [1.165, 1.54) is 25.1 Å². The van der Waals surface area contributed by atoms with E-state index in [4.69, 9.17) is 0 Å². The van der Waals surface area contributed by atoms with Gasteiger partial charge in [-0.1, -0.05) is 0 Å². The molecule has 4 rings (SSSR count). The molecule has 2 aliphatic rings. The number of quaternary nitrogens is 1. The quantitative estimate of drug-likeness (QED) is 0.746. The second-order valence-electron chi connectivity index (χ2n) is 5.84. The molecule has 2 atom stereocenters. The zero-order chi connectivity index (χ0) is 14.6. The van der Waals surface area contributed by atoms with Crippen LogP contribution in [-0.2, 0) is 13.0 Å². The van der Waals surface area contributed by atoms with Gasteiger partial charge in [-0.2, -0.15) is 0 Å². The Labute approximate surface area is 131 Å². The summed E-state index contributed by atoms with van der Waals surface area (Å²) in [5, 5.41) is 7.68. The van der Waals surface area contributed by atoms with E-state index in [0.717, 1.165) is 30.1 Å². The summed E-state index contributed by atoms with van der Waals surface area (Å²) < 4.78 is 0. The highest BCUT2D eigenvalue weighted by molar-refractivity contribution is 7.16. The maximum Gasteiger partial charge on any atom is 0.256 e. The molecular formula is C15H18N3OS2+. The van der Waals surface area contributed by atoms with Crippen LogP contribution in [0, 0.1) is 6.92 Å². The summed E-state index contributed by atoms with van der Waals surface area (Å²) >= 11 is 3.49. The molecule has 0 radical (unpaired) electrons.